The predicted octanol–water partition coefficient (Wildman–Crippen LogP) is -0.765. The largest absolute Gasteiger partial charge is 0.510 e. The summed E-state index contributed by atoms with van der Waals surface area (Å²) in [5.41, 5.74) is 7.21. The average Bonchev–Trinajstić information content (AvgIpc) is 2.72. The first-order chi connectivity index (χ1) is 15.3. The molecule has 0 bridgehead atoms. The summed E-state index contributed by atoms with van der Waals surface area (Å²) in [7, 11) is 2.94. The Morgan fingerprint density at radius 2 is 1.76 bits per heavy atom. The van der Waals surface area contributed by atoms with E-state index in [2.05, 4.69) is 0 Å². The van der Waals surface area contributed by atoms with E-state index < -0.39 is 81.4 Å². The van der Waals surface area contributed by atoms with E-state index in [1.54, 1.807) is 6.92 Å². The smallest absolute Gasteiger partial charge is 0.255 e. The van der Waals surface area contributed by atoms with Gasteiger partial charge in [0.05, 0.1) is 23.6 Å². The summed E-state index contributed by atoms with van der Waals surface area (Å²) in [6.45, 7) is 1.62. The van der Waals surface area contributed by atoms with E-state index >= 15 is 0 Å². The van der Waals surface area contributed by atoms with Gasteiger partial charge in [-0.2, -0.15) is 0 Å². The van der Waals surface area contributed by atoms with Crippen LogP contribution in [0.1, 0.15) is 28.8 Å². The van der Waals surface area contributed by atoms with E-state index in [4.69, 9.17) is 11.5 Å². The summed E-state index contributed by atoms with van der Waals surface area (Å²) in [5.74, 6) is -9.37. The third-order valence-corrected chi connectivity index (χ3v) is 7.14. The monoisotopic (exact) mass is 459 g/mol. The summed E-state index contributed by atoms with van der Waals surface area (Å²) in [6, 6.07) is 1.30. The number of nitrogens with two attached hydrogens (primary N) is 2. The Balaban J connectivity index is 2.08. The van der Waals surface area contributed by atoms with Gasteiger partial charge < -0.3 is 37.0 Å². The number of nitrogens with zero attached hydrogens (tertiary/aromatic N) is 1. The lowest BCUT2D eigenvalue weighted by Crippen LogP contribution is -2.68. The zero-order valence-corrected chi connectivity index (χ0v) is 18.1. The highest BCUT2D eigenvalue weighted by molar-refractivity contribution is 6.25. The van der Waals surface area contributed by atoms with E-state index in [0.29, 0.717) is 0 Å². The molecule has 4 rings (SSSR count). The van der Waals surface area contributed by atoms with E-state index in [0.717, 1.165) is 0 Å². The van der Waals surface area contributed by atoms with Crippen LogP contribution < -0.4 is 11.5 Å². The summed E-state index contributed by atoms with van der Waals surface area (Å²) < 4.78 is 0. The lowest BCUT2D eigenvalue weighted by molar-refractivity contribution is -0.162. The second-order valence-electron chi connectivity index (χ2n) is 9.01. The summed E-state index contributed by atoms with van der Waals surface area (Å²) in [4.78, 5) is 40.0. The van der Waals surface area contributed by atoms with Gasteiger partial charge >= 0.3 is 0 Å². The summed E-state index contributed by atoms with van der Waals surface area (Å²) in [5, 5.41) is 55.2. The van der Waals surface area contributed by atoms with Crippen molar-refractivity contribution in [2.75, 3.05) is 19.8 Å². The maximum Gasteiger partial charge on any atom is 0.255 e. The molecule has 0 aliphatic heterocycles. The Morgan fingerprint density at radius 1 is 1.15 bits per heavy atom. The molecule has 0 aromatic heterocycles. The lowest BCUT2D eigenvalue weighted by Gasteiger charge is -2.53. The Kier molecular flexibility index (Phi) is 4.86. The van der Waals surface area contributed by atoms with Crippen molar-refractivity contribution in [3.8, 4) is 5.75 Å². The Morgan fingerprint density at radius 3 is 2.30 bits per heavy atom. The molecule has 0 radical (unpaired) electrons. The number of aliphatic hydroxyl groups excluding tert-OH is 3. The number of nitrogen functional groups attached to an aromatic ring is 1. The van der Waals surface area contributed by atoms with E-state index in [9.17, 15) is 39.9 Å². The van der Waals surface area contributed by atoms with E-state index in [-0.39, 0.29) is 16.8 Å². The number of phenolic OH excluding ortho intramolecular Hbond substituents is 1. The highest BCUT2D eigenvalue weighted by Crippen LogP contribution is 2.56. The molecule has 0 heterocycles. The van der Waals surface area contributed by atoms with Crippen molar-refractivity contribution in [3.05, 3.63) is 45.9 Å². The van der Waals surface area contributed by atoms with Gasteiger partial charge in [0, 0.05) is 17.2 Å². The van der Waals surface area contributed by atoms with Crippen LogP contribution in [0.4, 0.5) is 5.69 Å². The fraction of sp³-hybridized carbons (Fsp3) is 0.409. The number of phenols is 1. The molecule has 2 unspecified atom stereocenters. The molecule has 0 spiro atoms. The molecule has 33 heavy (non-hydrogen) atoms. The van der Waals surface area contributed by atoms with Gasteiger partial charge in [0.15, 0.2) is 11.4 Å². The SMILES string of the molecule is C[C@H]1c2c(N)ccc(O)c2C(=O)C2=C(O)[C@]3(O)C(=O)C(C(N)=O)=C(O)[C@@H](N(C)C)C3[C@@H](O)C21. The van der Waals surface area contributed by atoms with E-state index in [1.807, 2.05) is 0 Å². The minimum absolute atomic E-state index is 0.179. The number of ketones is 2. The molecule has 9 N–H and O–H groups in total. The number of carbonyl (C=O) groups is 3. The van der Waals surface area contributed by atoms with Crippen LogP contribution in [-0.2, 0) is 9.59 Å². The van der Waals surface area contributed by atoms with Crippen LogP contribution in [0.5, 0.6) is 5.75 Å². The molecule has 0 saturated heterocycles. The Labute approximate surface area is 188 Å². The zero-order valence-electron chi connectivity index (χ0n) is 18.1. The average molecular weight is 459 g/mol. The van der Waals surface area contributed by atoms with Crippen LogP contribution in [0.25, 0.3) is 0 Å². The van der Waals surface area contributed by atoms with Gasteiger partial charge in [0.25, 0.3) is 5.91 Å². The number of benzene rings is 1. The minimum Gasteiger partial charge on any atom is -0.510 e. The zero-order chi connectivity index (χ0) is 24.7. The van der Waals surface area contributed by atoms with Gasteiger partial charge in [-0.25, -0.2) is 0 Å². The molecule has 0 fully saturated rings. The number of carbonyl (C=O) groups excluding carboxylic acids is 3. The maximum absolute atomic E-state index is 13.4. The van der Waals surface area contributed by atoms with Crippen LogP contribution in [0.3, 0.4) is 0 Å². The van der Waals surface area contributed by atoms with Crippen LogP contribution in [0.15, 0.2) is 34.8 Å². The number of amides is 1. The van der Waals surface area contributed by atoms with Gasteiger partial charge in [-0.1, -0.05) is 6.92 Å². The molecule has 176 valence electrons. The predicted molar refractivity (Wildman–Crippen MR) is 114 cm³/mol. The highest BCUT2D eigenvalue weighted by atomic mass is 16.4. The van der Waals surface area contributed by atoms with Crippen LogP contribution in [0.2, 0.25) is 0 Å². The first-order valence-electron chi connectivity index (χ1n) is 10.2. The summed E-state index contributed by atoms with van der Waals surface area (Å²) in [6.07, 6.45) is -1.65. The third-order valence-electron chi connectivity index (χ3n) is 7.14. The number of primary amides is 1. The molecule has 0 saturated carbocycles. The van der Waals surface area contributed by atoms with E-state index in [1.165, 1.54) is 31.1 Å². The molecule has 6 atom stereocenters. The fourth-order valence-electron chi connectivity index (χ4n) is 5.74. The quantitative estimate of drug-likeness (QED) is 0.167. The fourth-order valence-corrected chi connectivity index (χ4v) is 5.74. The number of aliphatic hydroxyl groups is 4. The Hall–Kier alpha value is -3.41. The van der Waals surface area contributed by atoms with Crippen molar-refractivity contribution in [1.82, 2.24) is 4.90 Å². The third kappa shape index (κ3) is 2.63. The maximum atomic E-state index is 13.4. The number of hydrogen-bond acceptors (Lipinski definition) is 10. The number of likely N-dealkylation sites (N-methyl/N-ethyl adjacent to an activating group) is 1. The van der Waals surface area contributed by atoms with Crippen molar-refractivity contribution in [2.45, 2.75) is 30.6 Å². The first kappa shape index (κ1) is 22.8. The molecule has 1 aromatic carbocycles. The Bertz CT molecular complexity index is 1190. The van der Waals surface area contributed by atoms with Gasteiger partial charge in [0.2, 0.25) is 5.78 Å². The molecule has 3 aliphatic carbocycles. The van der Waals surface area contributed by atoms with Gasteiger partial charge in [-0.3, -0.25) is 19.3 Å². The summed E-state index contributed by atoms with van der Waals surface area (Å²) >= 11 is 0. The van der Waals surface area contributed by atoms with Crippen molar-refractivity contribution < 1.29 is 39.9 Å². The molecule has 3 aliphatic rings. The van der Waals surface area contributed by atoms with Crippen LogP contribution in [-0.4, -0.2) is 79.7 Å². The standard InChI is InChI=1S/C22H25N3O8/c1-6-9-7(23)4-5-8(26)11(9)16(27)12-10(6)17(28)14-15(25(2)3)18(29)13(21(24)32)20(31)22(14,33)19(12)30/h4-6,10,14-15,17,26,28-30,33H,23H2,1-3H3,(H2,24,32)/t6-,10?,14?,15-,17-,22-/m0/s1. The molecular weight excluding hydrogens is 434 g/mol. The second kappa shape index (κ2) is 7.04. The number of anilines is 1. The van der Waals surface area contributed by atoms with Gasteiger partial charge in [-0.05, 0) is 37.7 Å². The topological polar surface area (TPSA) is 208 Å². The number of aromatic hydroxyl groups is 1. The minimum atomic E-state index is -2.93. The van der Waals surface area contributed by atoms with Crippen molar-refractivity contribution in [2.24, 2.45) is 17.6 Å². The van der Waals surface area contributed by atoms with Crippen molar-refractivity contribution >= 4 is 23.2 Å². The lowest BCUT2D eigenvalue weighted by atomic mass is 9.55. The first-order valence-corrected chi connectivity index (χ1v) is 10.2. The molecular formula is C22H25N3O8. The molecule has 11 heteroatoms. The van der Waals surface area contributed by atoms with Crippen LogP contribution in [0, 0.1) is 11.8 Å². The molecule has 1 amide bonds. The second-order valence-corrected chi connectivity index (χ2v) is 9.01. The van der Waals surface area contributed by atoms with Gasteiger partial charge in [0.1, 0.15) is 22.8 Å². The number of hydrogen-bond donors (Lipinski definition) is 7. The van der Waals surface area contributed by atoms with Crippen molar-refractivity contribution in [1.29, 1.82) is 0 Å². The van der Waals surface area contributed by atoms with Crippen LogP contribution >= 0.6 is 0 Å². The molecule has 11 nitrogen and oxygen atoms in total. The number of fused-ring (bicyclic) bond motifs is 3. The normalized spacial score (nSPS) is 33.7. The molecule has 1 aromatic rings. The highest BCUT2D eigenvalue weighted by Gasteiger charge is 2.67. The van der Waals surface area contributed by atoms with Gasteiger partial charge in [-0.15, -0.1) is 0 Å². The number of Topliss-reactive ketones (excluding diaryl/α,β-unsaturated/α-hetero) is 2. The van der Waals surface area contributed by atoms with Crippen molar-refractivity contribution in [3.63, 3.8) is 0 Å². The number of rotatable bonds is 2.